The molecular formula is C13H23NO3. The molecule has 4 nitrogen and oxygen atoms in total. The summed E-state index contributed by atoms with van der Waals surface area (Å²) in [7, 11) is 0. The van der Waals surface area contributed by atoms with Crippen LogP contribution >= 0.6 is 0 Å². The summed E-state index contributed by atoms with van der Waals surface area (Å²) in [6.07, 6.45) is 7.50. The van der Waals surface area contributed by atoms with Crippen LogP contribution in [0, 0.1) is 0 Å². The Bertz CT molecular complexity index is 255. The molecule has 2 fully saturated rings. The molecule has 2 N–H and O–H groups in total. The van der Waals surface area contributed by atoms with E-state index in [0.717, 1.165) is 38.5 Å². The van der Waals surface area contributed by atoms with Gasteiger partial charge in [0.25, 0.3) is 0 Å². The fourth-order valence-corrected chi connectivity index (χ4v) is 2.74. The van der Waals surface area contributed by atoms with Crippen LogP contribution in [-0.2, 0) is 14.3 Å². The average molecular weight is 241 g/mol. The van der Waals surface area contributed by atoms with Gasteiger partial charge in [0.05, 0.1) is 19.6 Å². The SMILES string of the molecule is NC1(CC(=O)OC2CCOCC2)CCCCC1. The van der Waals surface area contributed by atoms with Gasteiger partial charge in [-0.25, -0.2) is 0 Å². The Labute approximate surface area is 103 Å². The molecule has 0 bridgehead atoms. The quantitative estimate of drug-likeness (QED) is 0.765. The van der Waals surface area contributed by atoms with Crippen molar-refractivity contribution in [3.63, 3.8) is 0 Å². The van der Waals surface area contributed by atoms with Gasteiger partial charge in [-0.1, -0.05) is 19.3 Å². The lowest BCUT2D eigenvalue weighted by atomic mass is 9.80. The fraction of sp³-hybridized carbons (Fsp3) is 0.923. The van der Waals surface area contributed by atoms with E-state index in [-0.39, 0.29) is 17.6 Å². The lowest BCUT2D eigenvalue weighted by Crippen LogP contribution is -2.44. The van der Waals surface area contributed by atoms with E-state index in [1.54, 1.807) is 0 Å². The second-order valence-electron chi connectivity index (χ2n) is 5.40. The van der Waals surface area contributed by atoms with E-state index in [0.29, 0.717) is 19.6 Å². The molecule has 0 aromatic rings. The first-order valence-electron chi connectivity index (χ1n) is 6.74. The number of carbonyl (C=O) groups is 1. The van der Waals surface area contributed by atoms with Crippen LogP contribution in [-0.4, -0.2) is 30.8 Å². The average Bonchev–Trinajstić information content (AvgIpc) is 2.30. The molecule has 1 aliphatic heterocycles. The Kier molecular flexibility index (Phi) is 4.40. The van der Waals surface area contributed by atoms with Crippen LogP contribution in [0.15, 0.2) is 0 Å². The standard InChI is InChI=1S/C13H23NO3/c14-13(6-2-1-3-7-13)10-12(15)17-11-4-8-16-9-5-11/h11H,1-10,14H2. The van der Waals surface area contributed by atoms with Crippen LogP contribution in [0.4, 0.5) is 0 Å². The van der Waals surface area contributed by atoms with Crippen molar-refractivity contribution in [1.82, 2.24) is 0 Å². The maximum Gasteiger partial charge on any atom is 0.307 e. The zero-order valence-electron chi connectivity index (χ0n) is 10.5. The normalized spacial score (nSPS) is 25.5. The molecule has 0 aromatic carbocycles. The minimum Gasteiger partial charge on any atom is -0.462 e. The van der Waals surface area contributed by atoms with Gasteiger partial charge in [0, 0.05) is 18.4 Å². The van der Waals surface area contributed by atoms with E-state index >= 15 is 0 Å². The number of hydrogen-bond donors (Lipinski definition) is 1. The maximum atomic E-state index is 11.8. The van der Waals surface area contributed by atoms with Gasteiger partial charge in [-0.15, -0.1) is 0 Å². The second-order valence-corrected chi connectivity index (χ2v) is 5.40. The number of hydrogen-bond acceptors (Lipinski definition) is 4. The zero-order chi connectivity index (χ0) is 12.1. The molecule has 0 unspecified atom stereocenters. The number of esters is 1. The lowest BCUT2D eigenvalue weighted by Gasteiger charge is -2.33. The summed E-state index contributed by atoms with van der Waals surface area (Å²) < 4.78 is 10.7. The smallest absolute Gasteiger partial charge is 0.307 e. The molecular weight excluding hydrogens is 218 g/mol. The Morgan fingerprint density at radius 1 is 1.24 bits per heavy atom. The Hall–Kier alpha value is -0.610. The van der Waals surface area contributed by atoms with Crippen LogP contribution in [0.3, 0.4) is 0 Å². The van der Waals surface area contributed by atoms with Crippen molar-refractivity contribution in [2.24, 2.45) is 5.73 Å². The summed E-state index contributed by atoms with van der Waals surface area (Å²) in [6, 6.07) is 0. The van der Waals surface area contributed by atoms with Crippen molar-refractivity contribution in [3.8, 4) is 0 Å². The van der Waals surface area contributed by atoms with E-state index in [1.807, 2.05) is 0 Å². The van der Waals surface area contributed by atoms with Crippen LogP contribution in [0.5, 0.6) is 0 Å². The van der Waals surface area contributed by atoms with Crippen molar-refractivity contribution in [2.75, 3.05) is 13.2 Å². The summed E-state index contributed by atoms with van der Waals surface area (Å²) in [5.74, 6) is -0.124. The number of nitrogens with two attached hydrogens (primary N) is 1. The van der Waals surface area contributed by atoms with E-state index in [9.17, 15) is 4.79 Å². The molecule has 1 saturated carbocycles. The van der Waals surface area contributed by atoms with Crippen LogP contribution in [0.2, 0.25) is 0 Å². The number of carbonyl (C=O) groups excluding carboxylic acids is 1. The topological polar surface area (TPSA) is 61.6 Å². The van der Waals surface area contributed by atoms with Crippen molar-refractivity contribution >= 4 is 5.97 Å². The highest BCUT2D eigenvalue weighted by molar-refractivity contribution is 5.71. The third kappa shape index (κ3) is 3.96. The van der Waals surface area contributed by atoms with Gasteiger partial charge in [-0.05, 0) is 12.8 Å². The van der Waals surface area contributed by atoms with Gasteiger partial charge in [0.15, 0.2) is 0 Å². The van der Waals surface area contributed by atoms with Gasteiger partial charge in [0.1, 0.15) is 6.10 Å². The van der Waals surface area contributed by atoms with Crippen LogP contribution < -0.4 is 5.73 Å². The van der Waals surface area contributed by atoms with Crippen molar-refractivity contribution in [3.05, 3.63) is 0 Å². The molecule has 0 spiro atoms. The van der Waals surface area contributed by atoms with Gasteiger partial charge < -0.3 is 15.2 Å². The monoisotopic (exact) mass is 241 g/mol. The highest BCUT2D eigenvalue weighted by Gasteiger charge is 2.31. The highest BCUT2D eigenvalue weighted by atomic mass is 16.6. The molecule has 2 aliphatic rings. The van der Waals surface area contributed by atoms with Crippen molar-refractivity contribution < 1.29 is 14.3 Å². The van der Waals surface area contributed by atoms with E-state index < -0.39 is 0 Å². The van der Waals surface area contributed by atoms with Gasteiger partial charge in [-0.2, -0.15) is 0 Å². The summed E-state index contributed by atoms with van der Waals surface area (Å²) in [4.78, 5) is 11.8. The summed E-state index contributed by atoms with van der Waals surface area (Å²) in [6.45, 7) is 1.40. The predicted molar refractivity (Wildman–Crippen MR) is 64.6 cm³/mol. The molecule has 1 saturated heterocycles. The van der Waals surface area contributed by atoms with E-state index in [4.69, 9.17) is 15.2 Å². The summed E-state index contributed by atoms with van der Waals surface area (Å²) in [5.41, 5.74) is 5.93. The largest absolute Gasteiger partial charge is 0.462 e. The fourth-order valence-electron chi connectivity index (χ4n) is 2.74. The number of ether oxygens (including phenoxy) is 2. The molecule has 0 atom stereocenters. The predicted octanol–water partition coefficient (Wildman–Crippen LogP) is 1.76. The highest BCUT2D eigenvalue weighted by Crippen LogP contribution is 2.29. The first kappa shape index (κ1) is 12.8. The number of rotatable bonds is 3. The molecule has 0 aromatic heterocycles. The lowest BCUT2D eigenvalue weighted by molar-refractivity contribution is -0.154. The van der Waals surface area contributed by atoms with Crippen molar-refractivity contribution in [2.45, 2.75) is 63.0 Å². The van der Waals surface area contributed by atoms with E-state index in [1.165, 1.54) is 6.42 Å². The first-order valence-corrected chi connectivity index (χ1v) is 6.74. The van der Waals surface area contributed by atoms with Gasteiger partial charge >= 0.3 is 5.97 Å². The Morgan fingerprint density at radius 2 is 1.88 bits per heavy atom. The third-order valence-electron chi connectivity index (χ3n) is 3.81. The minimum atomic E-state index is -0.305. The van der Waals surface area contributed by atoms with Crippen LogP contribution in [0.1, 0.15) is 51.4 Å². The Morgan fingerprint density at radius 3 is 2.53 bits per heavy atom. The first-order chi connectivity index (χ1) is 8.18. The zero-order valence-corrected chi connectivity index (χ0v) is 10.5. The molecule has 4 heteroatoms. The van der Waals surface area contributed by atoms with Gasteiger partial charge in [-0.3, -0.25) is 4.79 Å². The van der Waals surface area contributed by atoms with Crippen LogP contribution in [0.25, 0.3) is 0 Å². The third-order valence-corrected chi connectivity index (χ3v) is 3.81. The Balaban J connectivity index is 1.75. The molecule has 98 valence electrons. The molecule has 0 radical (unpaired) electrons. The molecule has 1 aliphatic carbocycles. The van der Waals surface area contributed by atoms with Gasteiger partial charge in [0.2, 0.25) is 0 Å². The maximum absolute atomic E-state index is 11.8. The van der Waals surface area contributed by atoms with Crippen molar-refractivity contribution in [1.29, 1.82) is 0 Å². The summed E-state index contributed by atoms with van der Waals surface area (Å²) in [5, 5.41) is 0. The van der Waals surface area contributed by atoms with E-state index in [2.05, 4.69) is 0 Å². The molecule has 1 heterocycles. The second kappa shape index (κ2) is 5.83. The molecule has 17 heavy (non-hydrogen) atoms. The molecule has 0 amide bonds. The molecule has 2 rings (SSSR count). The summed E-state index contributed by atoms with van der Waals surface area (Å²) >= 11 is 0. The minimum absolute atomic E-state index is 0.0449.